The Morgan fingerprint density at radius 3 is 2.57 bits per heavy atom. The van der Waals surface area contributed by atoms with Gasteiger partial charge in [-0.05, 0) is 33.6 Å². The largest absolute Gasteiger partial charge is 0.459 e. The highest BCUT2D eigenvalue weighted by atomic mass is 32.2. The van der Waals surface area contributed by atoms with Gasteiger partial charge in [0.25, 0.3) is 0 Å². The molecule has 0 aromatic heterocycles. The number of carbonyl (C=O) groups is 1. The van der Waals surface area contributed by atoms with Crippen molar-refractivity contribution in [3.05, 3.63) is 0 Å². The molecular weight excluding hydrogens is 200 g/mol. The van der Waals surface area contributed by atoms with Crippen molar-refractivity contribution in [3.63, 3.8) is 0 Å². The van der Waals surface area contributed by atoms with Crippen molar-refractivity contribution in [2.75, 3.05) is 6.61 Å². The van der Waals surface area contributed by atoms with Crippen LogP contribution in [0, 0.1) is 0 Å². The fraction of sp³-hybridized carbons (Fsp3) is 0.900. The van der Waals surface area contributed by atoms with E-state index in [2.05, 4.69) is 0 Å². The summed E-state index contributed by atoms with van der Waals surface area (Å²) in [4.78, 5) is 11.6. The van der Waals surface area contributed by atoms with Gasteiger partial charge in [0.2, 0.25) is 0 Å². The van der Waals surface area contributed by atoms with Crippen LogP contribution in [0.3, 0.4) is 0 Å². The van der Waals surface area contributed by atoms with Gasteiger partial charge in [-0.1, -0.05) is 0 Å². The molecule has 82 valence electrons. The number of esters is 1. The normalized spacial score (nSPS) is 27.7. The molecule has 1 aliphatic heterocycles. The summed E-state index contributed by atoms with van der Waals surface area (Å²) in [6.45, 7) is 5.76. The van der Waals surface area contributed by atoms with Gasteiger partial charge in [0.15, 0.2) is 0 Å². The third-order valence-corrected chi connectivity index (χ3v) is 3.51. The highest BCUT2D eigenvalue weighted by molar-refractivity contribution is 8.01. The second-order valence-corrected chi connectivity index (χ2v) is 6.05. The number of hydrogen-bond acceptors (Lipinski definition) is 4. The maximum Gasteiger partial charge on any atom is 0.319 e. The molecule has 1 heterocycles. The van der Waals surface area contributed by atoms with Gasteiger partial charge in [-0.15, -0.1) is 11.8 Å². The van der Waals surface area contributed by atoms with Gasteiger partial charge < -0.3 is 9.84 Å². The van der Waals surface area contributed by atoms with E-state index in [1.807, 2.05) is 20.8 Å². The molecule has 0 radical (unpaired) electrons. The number of rotatable bonds is 2. The lowest BCUT2D eigenvalue weighted by Crippen LogP contribution is -2.29. The first-order valence-corrected chi connectivity index (χ1v) is 5.86. The summed E-state index contributed by atoms with van der Waals surface area (Å²) in [6, 6.07) is 0. The number of aliphatic hydroxyl groups excluding tert-OH is 1. The topological polar surface area (TPSA) is 46.5 Å². The van der Waals surface area contributed by atoms with Crippen LogP contribution in [0.2, 0.25) is 0 Å². The Balaban J connectivity index is 2.40. The van der Waals surface area contributed by atoms with Gasteiger partial charge in [0.05, 0.1) is 6.61 Å². The minimum absolute atomic E-state index is 0.0774. The maximum absolute atomic E-state index is 11.6. The van der Waals surface area contributed by atoms with Gasteiger partial charge in [-0.2, -0.15) is 0 Å². The van der Waals surface area contributed by atoms with Gasteiger partial charge in [0, 0.05) is 5.25 Å². The van der Waals surface area contributed by atoms with Crippen molar-refractivity contribution in [2.24, 2.45) is 0 Å². The minimum Gasteiger partial charge on any atom is -0.459 e. The molecule has 1 N–H and O–H groups in total. The molecule has 3 nitrogen and oxygen atoms in total. The predicted octanol–water partition coefficient (Wildman–Crippen LogP) is 1.58. The van der Waals surface area contributed by atoms with Crippen molar-refractivity contribution in [1.82, 2.24) is 0 Å². The van der Waals surface area contributed by atoms with Gasteiger partial charge >= 0.3 is 5.97 Å². The zero-order chi connectivity index (χ0) is 10.8. The minimum atomic E-state index is -0.408. The van der Waals surface area contributed by atoms with E-state index in [4.69, 9.17) is 9.84 Å². The van der Waals surface area contributed by atoms with E-state index in [0.29, 0.717) is 0 Å². The highest BCUT2D eigenvalue weighted by Crippen LogP contribution is 2.34. The van der Waals surface area contributed by atoms with Crippen LogP contribution < -0.4 is 0 Å². The molecule has 0 bridgehead atoms. The molecular formula is C10H18O3S. The highest BCUT2D eigenvalue weighted by Gasteiger charge is 2.33. The van der Waals surface area contributed by atoms with Crippen LogP contribution in [-0.2, 0) is 9.53 Å². The molecule has 0 aromatic carbocycles. The predicted molar refractivity (Wildman–Crippen MR) is 57.3 cm³/mol. The van der Waals surface area contributed by atoms with Crippen LogP contribution in [0.4, 0.5) is 0 Å². The zero-order valence-electron chi connectivity index (χ0n) is 8.95. The van der Waals surface area contributed by atoms with Gasteiger partial charge in [-0.25, -0.2) is 0 Å². The summed E-state index contributed by atoms with van der Waals surface area (Å²) in [5.41, 5.74) is -0.408. The summed E-state index contributed by atoms with van der Waals surface area (Å²) in [5, 5.41) is 9.06. The lowest BCUT2D eigenvalue weighted by molar-refractivity contribution is -0.154. The molecule has 0 unspecified atom stereocenters. The van der Waals surface area contributed by atoms with Crippen LogP contribution in [-0.4, -0.2) is 33.8 Å². The van der Waals surface area contributed by atoms with E-state index in [1.54, 1.807) is 0 Å². The quantitative estimate of drug-likeness (QED) is 0.715. The number of thioether (sulfide) groups is 1. The standard InChI is InChI=1S/C10H18O3S/c1-10(2,3)13-9(12)8-5-4-7(6-11)14-8/h7-8,11H,4-6H2,1-3H3/t7-,8-/m1/s1. The maximum atomic E-state index is 11.6. The Kier molecular flexibility index (Phi) is 3.84. The second kappa shape index (κ2) is 4.53. The number of hydrogen-bond donors (Lipinski definition) is 1. The first-order valence-electron chi connectivity index (χ1n) is 4.91. The van der Waals surface area contributed by atoms with E-state index in [-0.39, 0.29) is 23.1 Å². The third kappa shape index (κ3) is 3.50. The zero-order valence-corrected chi connectivity index (χ0v) is 9.76. The molecule has 1 aliphatic rings. The van der Waals surface area contributed by atoms with Crippen LogP contribution in [0.1, 0.15) is 33.6 Å². The summed E-state index contributed by atoms with van der Waals surface area (Å²) < 4.78 is 5.27. The van der Waals surface area contributed by atoms with E-state index >= 15 is 0 Å². The van der Waals surface area contributed by atoms with Gasteiger partial charge in [-0.3, -0.25) is 4.79 Å². The molecule has 0 aromatic rings. The monoisotopic (exact) mass is 218 g/mol. The van der Waals surface area contributed by atoms with Crippen molar-refractivity contribution in [2.45, 2.75) is 49.7 Å². The van der Waals surface area contributed by atoms with Crippen LogP contribution in [0.25, 0.3) is 0 Å². The summed E-state index contributed by atoms with van der Waals surface area (Å²) >= 11 is 1.53. The SMILES string of the molecule is CC(C)(C)OC(=O)[C@H]1CC[C@H](CO)S1. The van der Waals surface area contributed by atoms with E-state index in [1.165, 1.54) is 11.8 Å². The lowest BCUT2D eigenvalue weighted by Gasteiger charge is -2.21. The fourth-order valence-electron chi connectivity index (χ4n) is 1.38. The summed E-state index contributed by atoms with van der Waals surface area (Å²) in [6.07, 6.45) is 1.73. The number of ether oxygens (including phenoxy) is 1. The van der Waals surface area contributed by atoms with Crippen molar-refractivity contribution >= 4 is 17.7 Å². The van der Waals surface area contributed by atoms with Crippen LogP contribution in [0.15, 0.2) is 0 Å². The molecule has 1 saturated heterocycles. The van der Waals surface area contributed by atoms with Gasteiger partial charge in [0.1, 0.15) is 10.9 Å². The molecule has 0 spiro atoms. The molecule has 1 rings (SSSR count). The van der Waals surface area contributed by atoms with Crippen molar-refractivity contribution < 1.29 is 14.6 Å². The molecule has 0 aliphatic carbocycles. The number of aliphatic hydroxyl groups is 1. The smallest absolute Gasteiger partial charge is 0.319 e. The van der Waals surface area contributed by atoms with Crippen molar-refractivity contribution in [1.29, 1.82) is 0 Å². The Morgan fingerprint density at radius 1 is 1.50 bits per heavy atom. The fourth-order valence-corrected chi connectivity index (χ4v) is 2.64. The first-order chi connectivity index (χ1) is 6.42. The third-order valence-electron chi connectivity index (χ3n) is 1.98. The van der Waals surface area contributed by atoms with Crippen molar-refractivity contribution in [3.8, 4) is 0 Å². The first kappa shape index (κ1) is 11.9. The molecule has 4 heteroatoms. The molecule has 14 heavy (non-hydrogen) atoms. The summed E-state index contributed by atoms with van der Waals surface area (Å²) in [5.74, 6) is -0.140. The van der Waals surface area contributed by atoms with Crippen LogP contribution in [0.5, 0.6) is 0 Å². The Labute approximate surface area is 89.2 Å². The average molecular weight is 218 g/mol. The molecule has 2 atom stereocenters. The Morgan fingerprint density at radius 2 is 2.14 bits per heavy atom. The van der Waals surface area contributed by atoms with Crippen LogP contribution >= 0.6 is 11.8 Å². The second-order valence-electron chi connectivity index (χ2n) is 4.54. The van der Waals surface area contributed by atoms with E-state index in [0.717, 1.165) is 12.8 Å². The average Bonchev–Trinajstić information content (AvgIpc) is 2.48. The summed E-state index contributed by atoms with van der Waals surface area (Å²) in [7, 11) is 0. The molecule has 0 amide bonds. The lowest BCUT2D eigenvalue weighted by atomic mass is 10.1. The Bertz CT molecular complexity index is 210. The number of carbonyl (C=O) groups excluding carboxylic acids is 1. The molecule has 1 fully saturated rings. The van der Waals surface area contributed by atoms with E-state index in [9.17, 15) is 4.79 Å². The molecule has 0 saturated carbocycles. The Hall–Kier alpha value is -0.220. The van der Waals surface area contributed by atoms with E-state index < -0.39 is 5.60 Å².